The van der Waals surface area contributed by atoms with Crippen LogP contribution in [0.3, 0.4) is 0 Å². The number of nitrogens with two attached hydrogens (primary N) is 1. The summed E-state index contributed by atoms with van der Waals surface area (Å²) >= 11 is 0. The molecule has 4 aliphatic heterocycles. The second-order valence-corrected chi connectivity index (χ2v) is 18.6. The molecule has 0 aromatic heterocycles. The predicted molar refractivity (Wildman–Crippen MR) is 277 cm³/mol. The Morgan fingerprint density at radius 3 is 2.01 bits per heavy atom. The van der Waals surface area contributed by atoms with Crippen molar-refractivity contribution in [1.29, 1.82) is 0 Å². The van der Waals surface area contributed by atoms with Crippen LogP contribution in [-0.4, -0.2) is 126 Å². The van der Waals surface area contributed by atoms with Crippen molar-refractivity contribution in [2.45, 2.75) is 82.8 Å². The summed E-state index contributed by atoms with van der Waals surface area (Å²) in [7, 11) is 2.93. The highest BCUT2D eigenvalue weighted by Gasteiger charge is 2.45. The Labute approximate surface area is 437 Å². The molecule has 0 aliphatic carbocycles. The summed E-state index contributed by atoms with van der Waals surface area (Å²) in [6, 6.07) is 26.2. The number of rotatable bonds is 17. The molecule has 0 spiro atoms. The number of aliphatic hydroxyl groups excluding tert-OH is 2. The molecule has 396 valence electrons. The van der Waals surface area contributed by atoms with Crippen molar-refractivity contribution >= 4 is 58.9 Å². The van der Waals surface area contributed by atoms with Gasteiger partial charge in [0.15, 0.2) is 35.4 Å². The van der Waals surface area contributed by atoms with Crippen molar-refractivity contribution in [2.75, 3.05) is 44.3 Å². The lowest BCUT2D eigenvalue weighted by Crippen LogP contribution is -2.55. The number of nitrogens with zero attached hydrogens (tertiary/aromatic N) is 4. The highest BCUT2D eigenvalue weighted by molar-refractivity contribution is 6.06. The van der Waals surface area contributed by atoms with Crippen LogP contribution in [0.4, 0.5) is 21.9 Å². The maximum Gasteiger partial charge on any atom is 0.416 e. The molecule has 4 aliphatic rings. The molecule has 21 nitrogen and oxygen atoms in total. The van der Waals surface area contributed by atoms with Crippen molar-refractivity contribution in [3.63, 3.8) is 0 Å². The third-order valence-electron chi connectivity index (χ3n) is 13.7. The van der Waals surface area contributed by atoms with Gasteiger partial charge < -0.3 is 65.4 Å². The fourth-order valence-electron chi connectivity index (χ4n) is 9.58. The quantitative estimate of drug-likeness (QED) is 0.0566. The van der Waals surface area contributed by atoms with E-state index in [4.69, 9.17) is 39.5 Å². The average Bonchev–Trinajstić information content (AvgIpc) is 3.61. The monoisotopic (exact) mass is 1040 g/mol. The van der Waals surface area contributed by atoms with E-state index in [2.05, 4.69) is 22.0 Å². The van der Waals surface area contributed by atoms with Crippen LogP contribution in [0.1, 0.15) is 68.3 Å². The average molecular weight is 1040 g/mol. The van der Waals surface area contributed by atoms with Crippen LogP contribution in [0, 0.1) is 0 Å². The standard InChI is InChI=1S/C55H58N8O13/c1-31(58-51(67)49(56)60-48(65)17-18-64)50(66)59-37-15-13-32(14-16-37)30-76-55(71)63-42-26-47(45(73-3)24-40(42)53(69)62-29-36-12-7-5-10-34(36)22-43(62)54(63)70)75-20-8-19-74-46-25-41-39(23-44(46)72-2)52(68)61-28-35-11-6-4-9-33(35)21-38(61)27-57-41/h4-7,9-16,23-27,31,38,43,49,54,64,70H,8,17-22,28-30,56H2,1-3H3,(H,58,67)(H,59,66)(H,60,65)/t31-,38?,43?,49+,54?/m0/s1. The SMILES string of the molecule is COc1cc2c(cc1OCCCOc1cc3c(cc1OC)C(=O)N1Cc4ccccc4CC1C(O)N3C(=O)OCc1ccc(NC(=O)[C@H](C)NC(=O)[C@H](N)NC(=O)CCO)cc1)N=CC1Cc3ccccc3CN1C2=O. The number of fused-ring (bicyclic) bond motifs is 6. The van der Waals surface area contributed by atoms with Gasteiger partial charge in [-0.3, -0.25) is 29.0 Å². The zero-order valence-electron chi connectivity index (χ0n) is 42.0. The number of nitrogens with one attached hydrogen (secondary N) is 3. The lowest BCUT2D eigenvalue weighted by molar-refractivity contribution is -0.130. The zero-order chi connectivity index (χ0) is 53.6. The number of ether oxygens (including phenoxy) is 5. The number of anilines is 2. The fourth-order valence-corrected chi connectivity index (χ4v) is 9.58. The summed E-state index contributed by atoms with van der Waals surface area (Å²) in [6.45, 7) is 1.63. The first-order chi connectivity index (χ1) is 36.7. The third kappa shape index (κ3) is 11.1. The second-order valence-electron chi connectivity index (χ2n) is 18.6. The van der Waals surface area contributed by atoms with Crippen molar-refractivity contribution in [3.05, 3.63) is 136 Å². The van der Waals surface area contributed by atoms with E-state index in [1.807, 2.05) is 53.6 Å². The molecule has 3 unspecified atom stereocenters. The molecular weight excluding hydrogens is 981 g/mol. The van der Waals surface area contributed by atoms with Crippen molar-refractivity contribution in [3.8, 4) is 23.0 Å². The van der Waals surface area contributed by atoms with Gasteiger partial charge >= 0.3 is 6.09 Å². The van der Waals surface area contributed by atoms with Crippen molar-refractivity contribution in [1.82, 2.24) is 20.4 Å². The van der Waals surface area contributed by atoms with E-state index in [0.29, 0.717) is 53.4 Å². The molecule has 0 fully saturated rings. The Bertz CT molecular complexity index is 3080. The van der Waals surface area contributed by atoms with Crippen LogP contribution in [-0.2, 0) is 51.7 Å². The normalized spacial score (nSPS) is 17.9. The molecule has 6 amide bonds. The largest absolute Gasteiger partial charge is 0.493 e. The maximum atomic E-state index is 14.6. The van der Waals surface area contributed by atoms with Crippen LogP contribution in [0.5, 0.6) is 23.0 Å². The first-order valence-corrected chi connectivity index (χ1v) is 24.7. The third-order valence-corrected chi connectivity index (χ3v) is 13.7. The number of aliphatic hydroxyl groups is 2. The lowest BCUT2D eigenvalue weighted by atomic mass is 9.93. The molecule has 5 atom stereocenters. The Balaban J connectivity index is 0.877. The van der Waals surface area contributed by atoms with Gasteiger partial charge in [0.25, 0.3) is 17.7 Å². The minimum absolute atomic E-state index is 0.0330. The van der Waals surface area contributed by atoms with E-state index < -0.39 is 60.8 Å². The van der Waals surface area contributed by atoms with E-state index in [1.54, 1.807) is 41.3 Å². The van der Waals surface area contributed by atoms with Gasteiger partial charge in [0.05, 0.1) is 68.6 Å². The molecule has 9 rings (SSSR count). The summed E-state index contributed by atoms with van der Waals surface area (Å²) in [5.74, 6) is -1.48. The highest BCUT2D eigenvalue weighted by atomic mass is 16.6. The Kier molecular flexibility index (Phi) is 15.8. The van der Waals surface area contributed by atoms with Crippen LogP contribution in [0.25, 0.3) is 0 Å². The summed E-state index contributed by atoms with van der Waals surface area (Å²) in [6.07, 6.45) is -1.14. The van der Waals surface area contributed by atoms with Gasteiger partial charge in [-0.25, -0.2) is 9.69 Å². The van der Waals surface area contributed by atoms with E-state index in [9.17, 15) is 33.9 Å². The number of amides is 6. The van der Waals surface area contributed by atoms with Crippen LogP contribution in [0.15, 0.2) is 102 Å². The van der Waals surface area contributed by atoms with Gasteiger partial charge in [0.1, 0.15) is 12.6 Å². The number of carbonyl (C=O) groups excluding carboxylic acids is 6. The first-order valence-electron chi connectivity index (χ1n) is 24.7. The number of benzene rings is 5. The van der Waals surface area contributed by atoms with Crippen LogP contribution >= 0.6 is 0 Å². The number of aliphatic imine (C=N–C) groups is 1. The number of hydrogen-bond donors (Lipinski definition) is 6. The molecule has 0 radical (unpaired) electrons. The molecule has 76 heavy (non-hydrogen) atoms. The van der Waals surface area contributed by atoms with Gasteiger partial charge in [0, 0.05) is 50.0 Å². The lowest BCUT2D eigenvalue weighted by Gasteiger charge is -2.39. The molecule has 21 heteroatoms. The van der Waals surface area contributed by atoms with Gasteiger partial charge in [0.2, 0.25) is 11.8 Å². The molecule has 0 bridgehead atoms. The Morgan fingerprint density at radius 2 is 1.36 bits per heavy atom. The second kappa shape index (κ2) is 22.9. The van der Waals surface area contributed by atoms with Crippen molar-refractivity contribution < 1.29 is 62.7 Å². The van der Waals surface area contributed by atoms with Crippen molar-refractivity contribution in [2.24, 2.45) is 10.7 Å². The van der Waals surface area contributed by atoms with E-state index in [1.165, 1.54) is 38.8 Å². The van der Waals surface area contributed by atoms with Crippen LogP contribution in [0.2, 0.25) is 0 Å². The maximum absolute atomic E-state index is 14.6. The smallest absolute Gasteiger partial charge is 0.416 e. The number of hydrogen-bond acceptors (Lipinski definition) is 15. The molecule has 5 aromatic rings. The highest BCUT2D eigenvalue weighted by Crippen LogP contribution is 2.43. The summed E-state index contributed by atoms with van der Waals surface area (Å²) in [5.41, 5.74) is 11.7. The van der Waals surface area contributed by atoms with Gasteiger partial charge in [-0.1, -0.05) is 60.7 Å². The predicted octanol–water partition coefficient (Wildman–Crippen LogP) is 4.10. The first kappa shape index (κ1) is 52.3. The van der Waals surface area contributed by atoms with E-state index in [-0.39, 0.29) is 73.9 Å². The minimum atomic E-state index is -1.57. The molecular formula is C55H58N8O13. The summed E-state index contributed by atoms with van der Waals surface area (Å²) < 4.78 is 29.7. The number of carbonyl (C=O) groups is 6. The van der Waals surface area contributed by atoms with Gasteiger partial charge in [-0.05, 0) is 71.8 Å². The van der Waals surface area contributed by atoms with Gasteiger partial charge in [-0.2, -0.15) is 0 Å². The molecule has 0 saturated carbocycles. The molecule has 7 N–H and O–H groups in total. The summed E-state index contributed by atoms with van der Waals surface area (Å²) in [5, 5.41) is 28.5. The topological polar surface area (TPSA) is 273 Å². The minimum Gasteiger partial charge on any atom is -0.493 e. The molecule has 4 heterocycles. The fraction of sp³-hybridized carbons (Fsp3) is 0.327. The Hall–Kier alpha value is -8.53. The Morgan fingerprint density at radius 1 is 0.750 bits per heavy atom. The van der Waals surface area contributed by atoms with Gasteiger partial charge in [-0.15, -0.1) is 0 Å². The zero-order valence-corrected chi connectivity index (χ0v) is 42.0. The van der Waals surface area contributed by atoms with Crippen LogP contribution < -0.4 is 45.5 Å². The number of methoxy groups -OCH3 is 2. The molecule has 0 saturated heterocycles. The van der Waals surface area contributed by atoms with E-state index in [0.717, 1.165) is 21.6 Å². The molecule has 5 aromatic carbocycles. The summed E-state index contributed by atoms with van der Waals surface area (Å²) in [4.78, 5) is 89.0. The van der Waals surface area contributed by atoms with E-state index >= 15 is 0 Å².